The summed E-state index contributed by atoms with van der Waals surface area (Å²) in [4.78, 5) is 95.4. The topological polar surface area (TPSA) is 329 Å². The van der Waals surface area contributed by atoms with Crippen molar-refractivity contribution in [3.05, 3.63) is 126 Å². The standard InChI is InChI=1S/C47H57N6O18P3/c1-4-51-20-9-13-28-22-33-37(24-35(28)51)68-38-25-36-29(14-10-21-52(36)5-2)23-34(38)41(33)31-15-6-7-16-32(31)45(58)50(3)19-11-17-40(54)48-18-8-12-30-26-53(47(59)49-44(30)57)46-43(56)42(55)39(69-46)27-67-73(63,64)71-74(65,66)70-72(60,61)62/h6-8,12,15-16,22-26,39,42-43,46,55-56H,4-5,9-11,13-14,17-21,27H2,1-3H3,(H5-,48,49,54,57,59,60,61,62,63,64,65,66)/p+1/b12-8+/t39-,42-,43-,46-/m1/s1. The molecule has 0 spiro atoms. The first kappa shape index (κ1) is 54.8. The molecule has 4 aliphatic rings. The predicted molar refractivity (Wildman–Crippen MR) is 267 cm³/mol. The number of aromatic amines is 1. The van der Waals surface area contributed by atoms with Gasteiger partial charge in [-0.3, -0.25) is 28.5 Å². The summed E-state index contributed by atoms with van der Waals surface area (Å²) >= 11 is 0. The average molecular weight is 1090 g/mol. The number of rotatable bonds is 19. The van der Waals surface area contributed by atoms with Crippen molar-refractivity contribution in [2.75, 3.05) is 57.8 Å². The Morgan fingerprint density at radius 3 is 2.45 bits per heavy atom. The van der Waals surface area contributed by atoms with Crippen molar-refractivity contribution >= 4 is 52.6 Å². The van der Waals surface area contributed by atoms with Crippen molar-refractivity contribution in [3.63, 3.8) is 0 Å². The van der Waals surface area contributed by atoms with Crippen LogP contribution in [-0.2, 0) is 49.2 Å². The van der Waals surface area contributed by atoms with E-state index in [2.05, 4.69) is 66.1 Å². The lowest BCUT2D eigenvalue weighted by molar-refractivity contribution is -0.121. The van der Waals surface area contributed by atoms with Gasteiger partial charge in [0.1, 0.15) is 42.9 Å². The maximum atomic E-state index is 14.4. The van der Waals surface area contributed by atoms with E-state index in [4.69, 9.17) is 19.3 Å². The molecule has 27 heteroatoms. The molecule has 6 atom stereocenters. The van der Waals surface area contributed by atoms with Crippen LogP contribution in [0.1, 0.15) is 83.9 Å². The fourth-order valence-corrected chi connectivity index (χ4v) is 12.7. The quantitative estimate of drug-likeness (QED) is 0.0431. The third-order valence-electron chi connectivity index (χ3n) is 13.1. The first-order chi connectivity index (χ1) is 35.1. The van der Waals surface area contributed by atoms with Crippen LogP contribution in [0.5, 0.6) is 11.5 Å². The minimum atomic E-state index is -5.85. The van der Waals surface area contributed by atoms with E-state index >= 15 is 0 Å². The molecule has 3 aromatic carbocycles. The van der Waals surface area contributed by atoms with E-state index in [0.29, 0.717) is 16.6 Å². The number of aryl methyl sites for hydroxylation is 2. The van der Waals surface area contributed by atoms with E-state index in [1.165, 1.54) is 23.3 Å². The fraction of sp³-hybridized carbons (Fsp3) is 0.426. The molecule has 0 saturated carbocycles. The van der Waals surface area contributed by atoms with Crippen LogP contribution in [-0.4, -0.2) is 127 Å². The summed E-state index contributed by atoms with van der Waals surface area (Å²) in [6.07, 6.45) is 0.702. The summed E-state index contributed by atoms with van der Waals surface area (Å²) in [5.74, 6) is 0.919. The van der Waals surface area contributed by atoms with E-state index in [1.54, 1.807) is 11.9 Å². The van der Waals surface area contributed by atoms with Gasteiger partial charge in [0.05, 0.1) is 18.2 Å². The maximum Gasteiger partial charge on any atom is 0.490 e. The molecule has 1 fully saturated rings. The van der Waals surface area contributed by atoms with Crippen LogP contribution < -0.4 is 41.4 Å². The van der Waals surface area contributed by atoms with Gasteiger partial charge < -0.3 is 54.4 Å². The van der Waals surface area contributed by atoms with Crippen molar-refractivity contribution in [3.8, 4) is 11.5 Å². The highest BCUT2D eigenvalue weighted by molar-refractivity contribution is 7.66. The predicted octanol–water partition coefficient (Wildman–Crippen LogP) is 1.76. The van der Waals surface area contributed by atoms with Crippen LogP contribution in [0.4, 0.5) is 5.69 Å². The number of hydrogen-bond donors (Lipinski definition) is 8. The number of phosphoric acid groups is 3. The number of carbonyl (C=O) groups is 2. The average Bonchev–Trinajstić information content (AvgIpc) is 3.62. The lowest BCUT2D eigenvalue weighted by Gasteiger charge is -2.33. The number of H-pyrrole nitrogens is 1. The second-order valence-electron chi connectivity index (χ2n) is 18.1. The first-order valence-corrected chi connectivity index (χ1v) is 28.4. The Bertz CT molecular complexity index is 3280. The van der Waals surface area contributed by atoms with Gasteiger partial charge in [0.2, 0.25) is 11.3 Å². The largest absolute Gasteiger partial charge is 0.490 e. The minimum Gasteiger partial charge on any atom is -0.456 e. The highest BCUT2D eigenvalue weighted by Crippen LogP contribution is 2.66. The Balaban J connectivity index is 0.906. The SMILES string of the molecule is CCN1CCCc2cc3c(cc21)Oc1cc2c(cc1=C3c1ccccc1C(=O)N(C)CCCC(=O)NC/C=C/c1cn([C@@H]3O[C@H](COP(=O)(O)OP(=O)(O)OP(=O)(O)O)[C@@H](O)[C@H]3O)c(=O)[nH]c1=O)CCC[N+]=2CC. The zero-order chi connectivity index (χ0) is 53.3. The Labute approximate surface area is 423 Å². The van der Waals surface area contributed by atoms with Crippen molar-refractivity contribution < 1.29 is 75.7 Å². The zero-order valence-electron chi connectivity index (χ0n) is 40.6. The van der Waals surface area contributed by atoms with Gasteiger partial charge >= 0.3 is 29.2 Å². The van der Waals surface area contributed by atoms with Crippen LogP contribution in [0.2, 0.25) is 0 Å². The molecule has 2 amide bonds. The highest BCUT2D eigenvalue weighted by atomic mass is 31.3. The van der Waals surface area contributed by atoms with Gasteiger partial charge in [-0.15, -0.1) is 0 Å². The van der Waals surface area contributed by atoms with Crippen molar-refractivity contribution in [1.82, 2.24) is 24.3 Å². The number of hydrogen-bond acceptors (Lipinski definition) is 15. The summed E-state index contributed by atoms with van der Waals surface area (Å²) in [6.45, 7) is 7.05. The number of phosphoric ester groups is 1. The number of fused-ring (bicyclic) bond motifs is 4. The van der Waals surface area contributed by atoms with Crippen LogP contribution in [0.15, 0.2) is 70.4 Å². The number of benzene rings is 3. The maximum absolute atomic E-state index is 14.4. The Hall–Kier alpha value is -5.42. The van der Waals surface area contributed by atoms with Gasteiger partial charge in [-0.05, 0) is 68.9 Å². The number of ether oxygens (including phenoxy) is 2. The fourth-order valence-electron chi connectivity index (χ4n) is 9.64. The number of nitrogens with one attached hydrogen (secondary N) is 2. The van der Waals surface area contributed by atoms with Gasteiger partial charge in [-0.25, -0.2) is 23.1 Å². The van der Waals surface area contributed by atoms with Crippen molar-refractivity contribution in [1.29, 1.82) is 0 Å². The summed E-state index contributed by atoms with van der Waals surface area (Å²) in [5.41, 5.74) is 4.68. The smallest absolute Gasteiger partial charge is 0.456 e. The third-order valence-corrected chi connectivity index (χ3v) is 16.9. The molecule has 8 rings (SSSR count). The number of aliphatic hydroxyl groups is 2. The van der Waals surface area contributed by atoms with E-state index in [1.807, 2.05) is 29.2 Å². The molecular weight excluding hydrogens is 1030 g/mol. The van der Waals surface area contributed by atoms with Crippen LogP contribution in [0.25, 0.3) is 11.6 Å². The van der Waals surface area contributed by atoms with Crippen molar-refractivity contribution in [2.45, 2.75) is 76.9 Å². The third kappa shape index (κ3) is 12.3. The summed E-state index contributed by atoms with van der Waals surface area (Å²) in [5, 5.41) is 26.0. The number of anilines is 1. The Kier molecular flexibility index (Phi) is 16.6. The van der Waals surface area contributed by atoms with E-state index in [9.17, 15) is 52.9 Å². The molecule has 5 heterocycles. The summed E-state index contributed by atoms with van der Waals surface area (Å²) < 4.78 is 61.8. The minimum absolute atomic E-state index is 0.0519. The molecule has 4 aromatic rings. The number of aliphatic hydroxyl groups excluding tert-OH is 2. The van der Waals surface area contributed by atoms with E-state index in [0.717, 1.165) is 103 Å². The molecule has 0 aliphatic carbocycles. The van der Waals surface area contributed by atoms with E-state index in [-0.39, 0.29) is 36.9 Å². The van der Waals surface area contributed by atoms with Gasteiger partial charge in [-0.2, -0.15) is 8.62 Å². The number of amides is 2. The molecule has 1 saturated heterocycles. The number of aromatic nitrogens is 2. The second kappa shape index (κ2) is 22.4. The number of carbonyl (C=O) groups excluding carboxylic acids is 2. The normalized spacial score (nSPS) is 21.0. The lowest BCUT2D eigenvalue weighted by atomic mass is 9.86. The molecular formula is C47H58N6O18P3+. The monoisotopic (exact) mass is 1090 g/mol. The molecule has 1 aromatic heterocycles. The zero-order valence-corrected chi connectivity index (χ0v) is 43.2. The Morgan fingerprint density at radius 1 is 0.946 bits per heavy atom. The Morgan fingerprint density at radius 2 is 1.70 bits per heavy atom. The van der Waals surface area contributed by atoms with Gasteiger partial charge in [-0.1, -0.05) is 30.4 Å². The first-order valence-electron chi connectivity index (χ1n) is 23.9. The van der Waals surface area contributed by atoms with E-state index < -0.39 is 65.9 Å². The second-order valence-corrected chi connectivity index (χ2v) is 22.5. The van der Waals surface area contributed by atoms with Crippen LogP contribution in [0.3, 0.4) is 0 Å². The van der Waals surface area contributed by atoms with Crippen LogP contribution >= 0.6 is 23.5 Å². The molecule has 4 aliphatic heterocycles. The molecule has 0 bridgehead atoms. The molecule has 398 valence electrons. The summed E-state index contributed by atoms with van der Waals surface area (Å²) in [7, 11) is -15.4. The van der Waals surface area contributed by atoms with Crippen molar-refractivity contribution in [2.24, 2.45) is 0 Å². The highest BCUT2D eigenvalue weighted by Gasteiger charge is 2.47. The molecule has 74 heavy (non-hydrogen) atoms. The van der Waals surface area contributed by atoms with Gasteiger partial charge in [0.15, 0.2) is 6.23 Å². The lowest BCUT2D eigenvalue weighted by Crippen LogP contribution is -2.39. The molecule has 0 radical (unpaired) electrons. The summed E-state index contributed by atoms with van der Waals surface area (Å²) in [6, 6.07) is 16.4. The molecule has 2 unspecified atom stereocenters. The molecule has 8 N–H and O–H groups in total. The molecule has 24 nitrogen and oxygen atoms in total. The van der Waals surface area contributed by atoms with Gasteiger partial charge in [0.25, 0.3) is 11.5 Å². The van der Waals surface area contributed by atoms with Gasteiger partial charge in [0, 0.05) is 91.5 Å². The number of nitrogens with zero attached hydrogens (tertiary/aromatic N) is 4. The van der Waals surface area contributed by atoms with Crippen LogP contribution in [0, 0.1) is 0 Å².